The van der Waals surface area contributed by atoms with Crippen molar-refractivity contribution >= 4 is 34.2 Å². The number of aliphatic imine (C=N–C) groups is 1. The van der Waals surface area contributed by atoms with Crippen LogP contribution >= 0.6 is 0 Å². The third kappa shape index (κ3) is 7.63. The largest absolute Gasteiger partial charge is 0.494 e. The summed E-state index contributed by atoms with van der Waals surface area (Å²) in [5.74, 6) is -0.900. The first-order valence-corrected chi connectivity index (χ1v) is 13.9. The average Bonchev–Trinajstić information content (AvgIpc) is 3.26. The lowest BCUT2D eigenvalue weighted by atomic mass is 10.00. The van der Waals surface area contributed by atoms with Crippen molar-refractivity contribution in [3.8, 4) is 5.88 Å². The van der Waals surface area contributed by atoms with E-state index < -0.39 is 23.6 Å². The molecule has 1 aromatic heterocycles. The molecule has 1 heterocycles. The molecule has 9 nitrogen and oxygen atoms in total. The number of nitrogens with zero attached hydrogens (tertiary/aromatic N) is 2. The van der Waals surface area contributed by atoms with Gasteiger partial charge in [-0.1, -0.05) is 48.5 Å². The van der Waals surface area contributed by atoms with Gasteiger partial charge >= 0.3 is 11.9 Å². The maximum atomic E-state index is 12.3. The second-order valence-electron chi connectivity index (χ2n) is 11.2. The van der Waals surface area contributed by atoms with Gasteiger partial charge in [0, 0.05) is 29.6 Å². The molecule has 0 aliphatic carbocycles. The monoisotopic (exact) mass is 570 g/mol. The number of hydrogen-bond donors (Lipinski definition) is 3. The van der Waals surface area contributed by atoms with E-state index >= 15 is 0 Å². The second-order valence-corrected chi connectivity index (χ2v) is 11.2. The second kappa shape index (κ2) is 13.0. The van der Waals surface area contributed by atoms with Gasteiger partial charge in [-0.25, -0.2) is 9.79 Å². The predicted octanol–water partition coefficient (Wildman–Crippen LogP) is 5.32. The minimum Gasteiger partial charge on any atom is -0.494 e. The van der Waals surface area contributed by atoms with E-state index in [0.29, 0.717) is 41.1 Å². The molecule has 220 valence electrons. The van der Waals surface area contributed by atoms with Crippen LogP contribution in [-0.4, -0.2) is 64.5 Å². The topological polar surface area (TPSA) is 130 Å². The van der Waals surface area contributed by atoms with Gasteiger partial charge in [-0.3, -0.25) is 9.69 Å². The Morgan fingerprint density at radius 3 is 2.36 bits per heavy atom. The number of aromatic amines is 1. The van der Waals surface area contributed by atoms with Crippen molar-refractivity contribution in [2.24, 2.45) is 10.7 Å². The van der Waals surface area contributed by atoms with Crippen molar-refractivity contribution < 1.29 is 24.2 Å². The first-order chi connectivity index (χ1) is 19.9. The number of aromatic nitrogens is 1. The number of aromatic hydroxyl groups is 1. The van der Waals surface area contributed by atoms with E-state index in [9.17, 15) is 14.7 Å². The van der Waals surface area contributed by atoms with E-state index in [1.54, 1.807) is 25.1 Å². The van der Waals surface area contributed by atoms with E-state index in [4.69, 9.17) is 20.2 Å². The number of ether oxygens (including phenoxy) is 2. The summed E-state index contributed by atoms with van der Waals surface area (Å²) in [6.07, 6.45) is 0. The number of fused-ring (bicyclic) bond motifs is 1. The number of carbonyl (C=O) groups excluding carboxylic acids is 2. The Bertz CT molecular complexity index is 1570. The van der Waals surface area contributed by atoms with Gasteiger partial charge in [0.15, 0.2) is 5.88 Å². The third-order valence-electron chi connectivity index (χ3n) is 6.42. The average molecular weight is 571 g/mol. The predicted molar refractivity (Wildman–Crippen MR) is 164 cm³/mol. The highest BCUT2D eigenvalue weighted by Gasteiger charge is 2.23. The van der Waals surface area contributed by atoms with Crippen LogP contribution in [0.2, 0.25) is 0 Å². The SMILES string of the molecule is CCOC(=O)c1ccc2c(C(=Nc3ccc(CN(C)CC(N)C(=O)OC(C)(C)C)cc3)c3ccccc3)c(O)[nH]c2c1. The quantitative estimate of drug-likeness (QED) is 0.174. The van der Waals surface area contributed by atoms with Crippen LogP contribution in [0.5, 0.6) is 5.88 Å². The Hall–Kier alpha value is -4.47. The molecule has 42 heavy (non-hydrogen) atoms. The molecule has 9 heteroatoms. The van der Waals surface area contributed by atoms with Crippen molar-refractivity contribution in [3.63, 3.8) is 0 Å². The number of benzene rings is 3. The molecule has 0 aliphatic rings. The van der Waals surface area contributed by atoms with Crippen LogP contribution in [-0.2, 0) is 20.8 Å². The van der Waals surface area contributed by atoms with Gasteiger partial charge in [0.1, 0.15) is 11.6 Å². The van der Waals surface area contributed by atoms with E-state index in [-0.39, 0.29) is 12.5 Å². The molecule has 4 rings (SSSR count). The van der Waals surface area contributed by atoms with Gasteiger partial charge in [-0.2, -0.15) is 0 Å². The first-order valence-electron chi connectivity index (χ1n) is 13.9. The molecule has 0 spiro atoms. The molecule has 4 aromatic rings. The minimum atomic E-state index is -0.747. The summed E-state index contributed by atoms with van der Waals surface area (Å²) in [4.78, 5) is 34.4. The fourth-order valence-electron chi connectivity index (χ4n) is 4.59. The molecule has 3 aromatic carbocycles. The fraction of sp³-hybridized carbons (Fsp3) is 0.303. The van der Waals surface area contributed by atoms with Gasteiger partial charge in [0.25, 0.3) is 0 Å². The molecular weight excluding hydrogens is 532 g/mol. The lowest BCUT2D eigenvalue weighted by Crippen LogP contribution is -2.44. The zero-order chi connectivity index (χ0) is 30.4. The molecule has 0 radical (unpaired) electrons. The number of likely N-dealkylation sites (N-methyl/N-ethyl adjacent to an activating group) is 1. The van der Waals surface area contributed by atoms with Gasteiger partial charge in [0.05, 0.1) is 29.1 Å². The Labute approximate surface area is 246 Å². The molecule has 0 saturated carbocycles. The Balaban J connectivity index is 1.59. The third-order valence-corrected chi connectivity index (χ3v) is 6.42. The number of rotatable bonds is 10. The molecule has 0 saturated heterocycles. The van der Waals surface area contributed by atoms with Gasteiger partial charge in [-0.05, 0) is 64.6 Å². The number of nitrogens with two attached hydrogens (primary N) is 1. The smallest absolute Gasteiger partial charge is 0.338 e. The van der Waals surface area contributed by atoms with E-state index in [0.717, 1.165) is 16.5 Å². The Morgan fingerprint density at radius 2 is 1.71 bits per heavy atom. The summed E-state index contributed by atoms with van der Waals surface area (Å²) in [5.41, 5.74) is 10.1. The van der Waals surface area contributed by atoms with Crippen LogP contribution in [0.1, 0.15) is 54.7 Å². The molecule has 0 amide bonds. The van der Waals surface area contributed by atoms with Crippen LogP contribution in [0.3, 0.4) is 0 Å². The van der Waals surface area contributed by atoms with Gasteiger partial charge < -0.3 is 25.3 Å². The maximum absolute atomic E-state index is 12.3. The zero-order valence-corrected chi connectivity index (χ0v) is 24.7. The molecule has 1 unspecified atom stereocenters. The minimum absolute atomic E-state index is 0.0480. The highest BCUT2D eigenvalue weighted by molar-refractivity contribution is 6.22. The van der Waals surface area contributed by atoms with Crippen molar-refractivity contribution in [1.29, 1.82) is 0 Å². The van der Waals surface area contributed by atoms with Crippen LogP contribution in [0, 0.1) is 0 Å². The zero-order valence-electron chi connectivity index (χ0n) is 24.7. The highest BCUT2D eigenvalue weighted by atomic mass is 16.6. The molecule has 1 atom stereocenters. The van der Waals surface area contributed by atoms with Crippen molar-refractivity contribution in [1.82, 2.24) is 9.88 Å². The summed E-state index contributed by atoms with van der Waals surface area (Å²) in [6.45, 7) is 8.41. The number of nitrogens with one attached hydrogen (secondary N) is 1. The van der Waals surface area contributed by atoms with Crippen molar-refractivity contribution in [2.45, 2.75) is 45.9 Å². The maximum Gasteiger partial charge on any atom is 0.338 e. The van der Waals surface area contributed by atoms with Crippen LogP contribution in [0.15, 0.2) is 77.8 Å². The summed E-state index contributed by atoms with van der Waals surface area (Å²) in [6, 6.07) is 21.7. The van der Waals surface area contributed by atoms with Crippen molar-refractivity contribution in [3.05, 3.63) is 95.1 Å². The fourth-order valence-corrected chi connectivity index (χ4v) is 4.59. The van der Waals surface area contributed by atoms with E-state index in [2.05, 4.69) is 4.98 Å². The van der Waals surface area contributed by atoms with Gasteiger partial charge in [-0.15, -0.1) is 0 Å². The number of carbonyl (C=O) groups is 2. The van der Waals surface area contributed by atoms with Crippen molar-refractivity contribution in [2.75, 3.05) is 20.2 Å². The number of hydrogen-bond acceptors (Lipinski definition) is 8. The Morgan fingerprint density at radius 1 is 1.02 bits per heavy atom. The molecule has 0 fully saturated rings. The standard InChI is InChI=1S/C33H38N4O5/c1-6-41-31(39)23-14-17-25-27(18-23)36-30(38)28(25)29(22-10-8-7-9-11-22)35-24-15-12-21(13-16-24)19-37(5)20-26(34)32(40)42-33(2,3)4/h7-18,26,36,38H,6,19-20,34H2,1-5H3. The summed E-state index contributed by atoms with van der Waals surface area (Å²) < 4.78 is 10.5. The lowest BCUT2D eigenvalue weighted by molar-refractivity contribution is -0.156. The lowest BCUT2D eigenvalue weighted by Gasteiger charge is -2.25. The summed E-state index contributed by atoms with van der Waals surface area (Å²) in [7, 11) is 1.90. The summed E-state index contributed by atoms with van der Waals surface area (Å²) >= 11 is 0. The van der Waals surface area contributed by atoms with E-state index in [1.807, 2.05) is 87.3 Å². The van der Waals surface area contributed by atoms with Crippen LogP contribution < -0.4 is 5.73 Å². The molecular formula is C33H38N4O5. The van der Waals surface area contributed by atoms with E-state index in [1.165, 1.54) is 0 Å². The normalized spacial score (nSPS) is 12.9. The molecule has 0 bridgehead atoms. The first kappa shape index (κ1) is 30.5. The van der Waals surface area contributed by atoms with Crippen LogP contribution in [0.25, 0.3) is 10.9 Å². The van der Waals surface area contributed by atoms with Gasteiger partial charge in [0.2, 0.25) is 0 Å². The molecule has 4 N–H and O–H groups in total. The Kier molecular flexibility index (Phi) is 9.45. The number of H-pyrrole nitrogens is 1. The number of esters is 2. The summed E-state index contributed by atoms with van der Waals surface area (Å²) in [5, 5.41) is 11.7. The highest BCUT2D eigenvalue weighted by Crippen LogP contribution is 2.32. The molecule has 0 aliphatic heterocycles. The van der Waals surface area contributed by atoms with Crippen LogP contribution in [0.4, 0.5) is 5.69 Å².